The second kappa shape index (κ2) is 13.4. The largest absolute Gasteiger partial charge is 0.384 e. The molecule has 47 heavy (non-hydrogen) atoms. The minimum atomic E-state index is -0.243. The average Bonchev–Trinajstić information content (AvgIpc) is 3.12. The van der Waals surface area contributed by atoms with Crippen LogP contribution in [0.1, 0.15) is 25.7 Å². The molecule has 0 radical (unpaired) electrons. The summed E-state index contributed by atoms with van der Waals surface area (Å²) in [6.45, 7) is 3.98. The first kappa shape index (κ1) is 30.0. The SMILES string of the molecule is c1ccc2c(NCCCC3OCC4(CO3)COC(CCCNc3c5ccccc5nc5ccccc35)OC4)c3ccccc3nc2c1. The van der Waals surface area contributed by atoms with Gasteiger partial charge in [0.2, 0.25) is 0 Å². The lowest BCUT2D eigenvalue weighted by Gasteiger charge is -2.43. The Morgan fingerprint density at radius 2 is 0.809 bits per heavy atom. The summed E-state index contributed by atoms with van der Waals surface area (Å²) in [4.78, 5) is 9.66. The van der Waals surface area contributed by atoms with E-state index in [1.807, 2.05) is 24.3 Å². The highest BCUT2D eigenvalue weighted by atomic mass is 16.7. The number of ether oxygens (including phenoxy) is 4. The lowest BCUT2D eigenvalue weighted by Crippen LogP contribution is -2.52. The van der Waals surface area contributed by atoms with Crippen LogP contribution in [0.15, 0.2) is 97.1 Å². The number of hydrogen-bond donors (Lipinski definition) is 2. The van der Waals surface area contributed by atoms with Crippen molar-refractivity contribution >= 4 is 55.0 Å². The molecular formula is C39H40N4O4. The summed E-state index contributed by atoms with van der Waals surface area (Å²) in [7, 11) is 0. The van der Waals surface area contributed by atoms with Crippen molar-refractivity contribution in [3.8, 4) is 0 Å². The molecule has 0 amide bonds. The number of aromatic nitrogens is 2. The third-order valence-corrected chi connectivity index (χ3v) is 9.31. The van der Waals surface area contributed by atoms with Crippen LogP contribution in [0.2, 0.25) is 0 Å². The Morgan fingerprint density at radius 3 is 1.15 bits per heavy atom. The van der Waals surface area contributed by atoms with E-state index in [0.717, 1.165) is 93.8 Å². The maximum Gasteiger partial charge on any atom is 0.157 e. The molecule has 2 fully saturated rings. The quantitative estimate of drug-likeness (QED) is 0.117. The molecule has 2 aromatic heterocycles. The van der Waals surface area contributed by atoms with Gasteiger partial charge in [-0.1, -0.05) is 72.8 Å². The van der Waals surface area contributed by atoms with Gasteiger partial charge in [0.05, 0.1) is 65.3 Å². The molecule has 1 spiro atoms. The van der Waals surface area contributed by atoms with Crippen LogP contribution in [0.25, 0.3) is 43.6 Å². The average molecular weight is 629 g/mol. The lowest BCUT2D eigenvalue weighted by atomic mass is 9.90. The number of para-hydroxylation sites is 4. The van der Waals surface area contributed by atoms with Gasteiger partial charge in [0, 0.05) is 47.5 Å². The van der Waals surface area contributed by atoms with E-state index in [1.54, 1.807) is 0 Å². The summed E-state index contributed by atoms with van der Waals surface area (Å²) < 4.78 is 24.7. The molecule has 240 valence electrons. The monoisotopic (exact) mass is 628 g/mol. The summed E-state index contributed by atoms with van der Waals surface area (Å²) in [5, 5.41) is 11.9. The van der Waals surface area contributed by atoms with Gasteiger partial charge in [-0.2, -0.15) is 0 Å². The smallest absolute Gasteiger partial charge is 0.157 e. The van der Waals surface area contributed by atoms with Gasteiger partial charge in [0.1, 0.15) is 0 Å². The lowest BCUT2D eigenvalue weighted by molar-refractivity contribution is -0.304. The minimum absolute atomic E-state index is 0.211. The van der Waals surface area contributed by atoms with Crippen LogP contribution in [-0.4, -0.2) is 62.1 Å². The molecule has 0 saturated carbocycles. The number of pyridine rings is 2. The second-order valence-corrected chi connectivity index (χ2v) is 12.8. The van der Waals surface area contributed by atoms with E-state index >= 15 is 0 Å². The summed E-state index contributed by atoms with van der Waals surface area (Å²) in [5.41, 5.74) is 6.03. The summed E-state index contributed by atoms with van der Waals surface area (Å²) in [5.74, 6) is 0. The van der Waals surface area contributed by atoms with Crippen molar-refractivity contribution in [2.45, 2.75) is 38.3 Å². The fourth-order valence-corrected chi connectivity index (χ4v) is 6.78. The van der Waals surface area contributed by atoms with Gasteiger partial charge in [0.25, 0.3) is 0 Å². The van der Waals surface area contributed by atoms with Crippen LogP contribution in [-0.2, 0) is 18.9 Å². The van der Waals surface area contributed by atoms with E-state index in [0.29, 0.717) is 26.4 Å². The number of rotatable bonds is 10. The maximum atomic E-state index is 6.18. The van der Waals surface area contributed by atoms with E-state index < -0.39 is 0 Å². The molecule has 8 nitrogen and oxygen atoms in total. The van der Waals surface area contributed by atoms with Crippen LogP contribution in [0, 0.1) is 5.41 Å². The molecule has 0 unspecified atom stereocenters. The zero-order valence-corrected chi connectivity index (χ0v) is 26.5. The highest BCUT2D eigenvalue weighted by molar-refractivity contribution is 6.08. The molecule has 0 aliphatic carbocycles. The van der Waals surface area contributed by atoms with Crippen molar-refractivity contribution in [1.29, 1.82) is 0 Å². The number of benzene rings is 4. The van der Waals surface area contributed by atoms with Crippen molar-refractivity contribution in [3.05, 3.63) is 97.1 Å². The first-order chi connectivity index (χ1) is 23.2. The van der Waals surface area contributed by atoms with Crippen molar-refractivity contribution < 1.29 is 18.9 Å². The van der Waals surface area contributed by atoms with Gasteiger partial charge in [-0.05, 0) is 37.1 Å². The van der Waals surface area contributed by atoms with Crippen molar-refractivity contribution in [2.75, 3.05) is 50.2 Å². The molecule has 4 heterocycles. The molecule has 0 atom stereocenters. The van der Waals surface area contributed by atoms with Gasteiger partial charge >= 0.3 is 0 Å². The third kappa shape index (κ3) is 6.34. The highest BCUT2D eigenvalue weighted by Crippen LogP contribution is 2.34. The first-order valence-electron chi connectivity index (χ1n) is 16.7. The fraction of sp³-hybridized carbons (Fsp3) is 0.333. The molecule has 2 aliphatic heterocycles. The van der Waals surface area contributed by atoms with Gasteiger partial charge in [-0.3, -0.25) is 0 Å². The highest BCUT2D eigenvalue weighted by Gasteiger charge is 2.41. The summed E-state index contributed by atoms with van der Waals surface area (Å²) >= 11 is 0. The molecule has 8 heteroatoms. The minimum Gasteiger partial charge on any atom is -0.384 e. The van der Waals surface area contributed by atoms with Crippen LogP contribution in [0.3, 0.4) is 0 Å². The Kier molecular flexibility index (Phi) is 8.57. The van der Waals surface area contributed by atoms with Crippen molar-refractivity contribution in [2.24, 2.45) is 5.41 Å². The Morgan fingerprint density at radius 1 is 0.489 bits per heavy atom. The molecule has 2 N–H and O–H groups in total. The Balaban J connectivity index is 0.779. The standard InChI is InChI=1S/C39H40N4O4/c1-5-15-31-27(11-1)37(28-12-2-6-16-32(28)42-31)40-21-9-19-35-44-23-39(24-45-35)25-46-36(47-26-39)20-10-22-41-38-29-13-3-7-17-33(29)43-34-18-8-4-14-30(34)38/h1-8,11-18,35-36H,9-10,19-26H2,(H,40,42)(H,41,43). The van der Waals surface area contributed by atoms with Gasteiger partial charge in [-0.25, -0.2) is 9.97 Å². The molecule has 6 aromatic rings. The normalized spacial score (nSPS) is 21.5. The van der Waals surface area contributed by atoms with Gasteiger partial charge in [-0.15, -0.1) is 0 Å². The van der Waals surface area contributed by atoms with E-state index in [9.17, 15) is 0 Å². The van der Waals surface area contributed by atoms with Crippen LogP contribution < -0.4 is 10.6 Å². The van der Waals surface area contributed by atoms with Crippen LogP contribution >= 0.6 is 0 Å². The van der Waals surface area contributed by atoms with E-state index in [2.05, 4.69) is 83.4 Å². The zero-order chi connectivity index (χ0) is 31.5. The Bertz CT molecular complexity index is 1740. The number of anilines is 2. The van der Waals surface area contributed by atoms with Gasteiger partial charge < -0.3 is 29.6 Å². The number of hydrogen-bond acceptors (Lipinski definition) is 8. The van der Waals surface area contributed by atoms with E-state index in [1.165, 1.54) is 0 Å². The third-order valence-electron chi connectivity index (χ3n) is 9.31. The Hall–Kier alpha value is -4.34. The number of nitrogens with one attached hydrogen (secondary N) is 2. The Labute approximate surface area is 274 Å². The molecule has 2 aliphatic rings. The van der Waals surface area contributed by atoms with Crippen LogP contribution in [0.5, 0.6) is 0 Å². The van der Waals surface area contributed by atoms with Crippen molar-refractivity contribution in [1.82, 2.24) is 9.97 Å². The predicted octanol–water partition coefficient (Wildman–Crippen LogP) is 7.91. The fourth-order valence-electron chi connectivity index (χ4n) is 6.78. The molecule has 8 rings (SSSR count). The summed E-state index contributed by atoms with van der Waals surface area (Å²) in [6, 6.07) is 33.2. The maximum absolute atomic E-state index is 6.18. The molecule has 2 saturated heterocycles. The van der Waals surface area contributed by atoms with E-state index in [4.69, 9.17) is 28.9 Å². The first-order valence-corrected chi connectivity index (χ1v) is 16.7. The van der Waals surface area contributed by atoms with Gasteiger partial charge in [0.15, 0.2) is 12.6 Å². The molecule has 4 aromatic carbocycles. The van der Waals surface area contributed by atoms with Crippen LogP contribution in [0.4, 0.5) is 11.4 Å². The van der Waals surface area contributed by atoms with Crippen molar-refractivity contribution in [3.63, 3.8) is 0 Å². The number of fused-ring (bicyclic) bond motifs is 4. The second-order valence-electron chi connectivity index (χ2n) is 12.8. The molecular weight excluding hydrogens is 588 g/mol. The topological polar surface area (TPSA) is 86.8 Å². The predicted molar refractivity (Wildman–Crippen MR) is 188 cm³/mol. The molecule has 0 bridgehead atoms. The van der Waals surface area contributed by atoms with E-state index in [-0.39, 0.29) is 18.0 Å². The summed E-state index contributed by atoms with van der Waals surface area (Å²) in [6.07, 6.45) is 3.08. The number of nitrogens with zero attached hydrogens (tertiary/aromatic N) is 2. The zero-order valence-electron chi connectivity index (χ0n) is 26.5.